The minimum absolute atomic E-state index is 0. The molecule has 0 amide bonds. The molecule has 0 radical (unpaired) electrons. The second kappa shape index (κ2) is 5.45. The summed E-state index contributed by atoms with van der Waals surface area (Å²) in [5.41, 5.74) is -0.171. The summed E-state index contributed by atoms with van der Waals surface area (Å²) in [5, 5.41) is 3.36. The van der Waals surface area contributed by atoms with Gasteiger partial charge in [0, 0.05) is 12.5 Å². The molecule has 1 heterocycles. The smallest absolute Gasteiger partial charge is 0.448 e. The van der Waals surface area contributed by atoms with Crippen LogP contribution in [-0.2, 0) is 6.44 Å². The van der Waals surface area contributed by atoms with Crippen LogP contribution in [0.2, 0.25) is 0 Å². The zero-order valence-corrected chi connectivity index (χ0v) is 11.0. The van der Waals surface area contributed by atoms with Crippen LogP contribution in [0.5, 0.6) is 0 Å². The predicted octanol–water partition coefficient (Wildman–Crippen LogP) is -2.06. The Bertz CT molecular complexity index is 365. The van der Waals surface area contributed by atoms with Crippen molar-refractivity contribution in [3.8, 4) is 0 Å². The zero-order valence-electron chi connectivity index (χ0n) is 7.88. The van der Waals surface area contributed by atoms with Gasteiger partial charge in [-0.2, -0.15) is 5.10 Å². The van der Waals surface area contributed by atoms with Crippen LogP contribution in [0, 0.1) is 6.92 Å². The van der Waals surface area contributed by atoms with Gasteiger partial charge in [-0.15, -0.1) is 0 Å². The van der Waals surface area contributed by atoms with E-state index in [1.54, 1.807) is 6.92 Å². The van der Waals surface area contributed by atoms with Crippen molar-refractivity contribution in [1.82, 2.24) is 9.78 Å². The van der Waals surface area contributed by atoms with Gasteiger partial charge in [-0.3, -0.25) is 9.48 Å². The van der Waals surface area contributed by atoms with Crippen LogP contribution in [0.1, 0.15) is 5.56 Å². The van der Waals surface area contributed by atoms with E-state index in [0.717, 1.165) is 6.07 Å². The topological polar surface area (TPSA) is 34.9 Å². The van der Waals surface area contributed by atoms with E-state index in [1.807, 2.05) is 0 Å². The SMILES string of the molecule is Cc1cnn(C[B-](F)(F)F)c(=O)c1.[K+]. The van der Waals surface area contributed by atoms with Crippen molar-refractivity contribution in [3.63, 3.8) is 0 Å². The number of hydrogen-bond acceptors (Lipinski definition) is 2. The van der Waals surface area contributed by atoms with Crippen LogP contribution >= 0.6 is 0 Å². The van der Waals surface area contributed by atoms with Gasteiger partial charge < -0.3 is 12.9 Å². The second-order valence-electron chi connectivity index (χ2n) is 2.76. The van der Waals surface area contributed by atoms with E-state index in [4.69, 9.17) is 0 Å². The molecule has 1 aromatic rings. The van der Waals surface area contributed by atoms with Crippen molar-refractivity contribution in [2.24, 2.45) is 0 Å². The molecule has 0 bridgehead atoms. The molecule has 0 fully saturated rings. The maximum Gasteiger partial charge on any atom is 1.00 e. The van der Waals surface area contributed by atoms with Gasteiger partial charge in [0.15, 0.2) is 0 Å². The molecule has 8 heteroatoms. The van der Waals surface area contributed by atoms with Crippen molar-refractivity contribution in [2.75, 3.05) is 0 Å². The van der Waals surface area contributed by atoms with Gasteiger partial charge in [-0.25, -0.2) is 0 Å². The summed E-state index contributed by atoms with van der Waals surface area (Å²) in [6.07, 6.45) is -0.0532. The van der Waals surface area contributed by atoms with Crippen molar-refractivity contribution < 1.29 is 64.3 Å². The number of aromatic nitrogens is 2. The van der Waals surface area contributed by atoms with Crippen LogP contribution in [0.25, 0.3) is 0 Å². The first-order chi connectivity index (χ1) is 5.88. The van der Waals surface area contributed by atoms with E-state index in [-0.39, 0.29) is 51.4 Å². The van der Waals surface area contributed by atoms with Crippen LogP contribution in [0.15, 0.2) is 17.1 Å². The van der Waals surface area contributed by atoms with Gasteiger partial charge in [-0.05, 0) is 12.5 Å². The Hall–Kier alpha value is 0.371. The first-order valence-electron chi connectivity index (χ1n) is 3.63. The molecule has 0 aliphatic rings. The summed E-state index contributed by atoms with van der Waals surface area (Å²) < 4.78 is 36.1. The number of halogens is 3. The Kier molecular flexibility index (Phi) is 5.60. The Morgan fingerprint density at radius 2 is 2.07 bits per heavy atom. The fraction of sp³-hybridized carbons (Fsp3) is 0.333. The van der Waals surface area contributed by atoms with Gasteiger partial charge in [0.05, 0.1) is 6.20 Å². The Labute approximate surface area is 121 Å². The summed E-state index contributed by atoms with van der Waals surface area (Å²) in [5.74, 6) is 0. The van der Waals surface area contributed by atoms with Crippen LogP contribution < -0.4 is 56.9 Å². The zero-order chi connectivity index (χ0) is 10.1. The third-order valence-electron chi connectivity index (χ3n) is 1.39. The van der Waals surface area contributed by atoms with E-state index in [0.29, 0.717) is 10.2 Å². The van der Waals surface area contributed by atoms with Gasteiger partial charge in [-0.1, -0.05) is 0 Å². The average Bonchev–Trinajstić information content (AvgIpc) is 1.93. The molecule has 0 saturated carbocycles. The largest absolute Gasteiger partial charge is 1.00 e. The van der Waals surface area contributed by atoms with Gasteiger partial charge in [0.25, 0.3) is 5.56 Å². The molecule has 0 aromatic carbocycles. The van der Waals surface area contributed by atoms with E-state index in [9.17, 15) is 17.7 Å². The van der Waals surface area contributed by atoms with E-state index in [1.165, 1.54) is 6.20 Å². The van der Waals surface area contributed by atoms with Crippen molar-refractivity contribution in [3.05, 3.63) is 28.2 Å². The maximum atomic E-state index is 11.9. The molecule has 0 spiro atoms. The second-order valence-corrected chi connectivity index (χ2v) is 2.76. The molecule has 0 saturated heterocycles. The molecule has 0 N–H and O–H groups in total. The van der Waals surface area contributed by atoms with Gasteiger partial charge >= 0.3 is 58.4 Å². The van der Waals surface area contributed by atoms with Crippen LogP contribution in [0.3, 0.4) is 0 Å². The third-order valence-corrected chi connectivity index (χ3v) is 1.39. The van der Waals surface area contributed by atoms with Crippen LogP contribution in [0.4, 0.5) is 12.9 Å². The summed E-state index contributed by atoms with van der Waals surface area (Å²) in [6.45, 7) is -3.42. The Morgan fingerprint density at radius 3 is 2.50 bits per heavy atom. The minimum atomic E-state index is -5.01. The van der Waals surface area contributed by atoms with Crippen molar-refractivity contribution in [2.45, 2.75) is 13.4 Å². The Morgan fingerprint density at radius 1 is 1.50 bits per heavy atom. The predicted molar refractivity (Wildman–Crippen MR) is 42.3 cm³/mol. The summed E-state index contributed by atoms with van der Waals surface area (Å²) in [6, 6.07) is 1.12. The number of rotatable bonds is 2. The van der Waals surface area contributed by atoms with E-state index in [2.05, 4.69) is 5.10 Å². The maximum absolute atomic E-state index is 11.9. The quantitative estimate of drug-likeness (QED) is 0.548. The monoisotopic (exact) mass is 230 g/mol. The molecule has 1 aromatic heterocycles. The first kappa shape index (κ1) is 14.4. The number of nitrogens with zero attached hydrogens (tertiary/aromatic N) is 2. The molecule has 0 unspecified atom stereocenters. The average molecular weight is 230 g/mol. The molecule has 3 nitrogen and oxygen atoms in total. The van der Waals surface area contributed by atoms with Gasteiger partial charge in [0.1, 0.15) is 0 Å². The molecule has 0 atom stereocenters. The van der Waals surface area contributed by atoms with Crippen molar-refractivity contribution >= 4 is 6.98 Å². The minimum Gasteiger partial charge on any atom is -0.448 e. The summed E-state index contributed by atoms with van der Waals surface area (Å²) >= 11 is 0. The molecule has 14 heavy (non-hydrogen) atoms. The summed E-state index contributed by atoms with van der Waals surface area (Å²) in [7, 11) is 0. The molecular weight excluding hydrogens is 223 g/mol. The normalized spacial score (nSPS) is 10.9. The molecule has 0 aliphatic heterocycles. The third kappa shape index (κ3) is 4.74. The first-order valence-corrected chi connectivity index (χ1v) is 3.63. The standard InChI is InChI=1S/C6H7BF3N2O.K/c1-5-2-6(13)12(11-3-5)4-7(8,9)10;/h2-3H,4H2,1H3;/q-1;+1. The molecule has 0 aliphatic carbocycles. The fourth-order valence-corrected chi connectivity index (χ4v) is 0.857. The number of hydrogen-bond donors (Lipinski definition) is 0. The van der Waals surface area contributed by atoms with Crippen LogP contribution in [-0.4, -0.2) is 16.8 Å². The van der Waals surface area contributed by atoms with Crippen molar-refractivity contribution in [1.29, 1.82) is 0 Å². The Balaban J connectivity index is 0.00000169. The molecule has 1 rings (SSSR count). The van der Waals surface area contributed by atoms with E-state index >= 15 is 0 Å². The van der Waals surface area contributed by atoms with E-state index < -0.39 is 19.0 Å². The summed E-state index contributed by atoms with van der Waals surface area (Å²) in [4.78, 5) is 10.9. The molecule has 72 valence electrons. The fourth-order valence-electron chi connectivity index (χ4n) is 0.857. The van der Waals surface area contributed by atoms with Gasteiger partial charge in [0.2, 0.25) is 0 Å². The number of aryl methyl sites for hydroxylation is 1. The molecular formula is C6H7BF3KN2O.